The number of carbonyl (C=O) groups excluding carboxylic acids is 1. The second-order valence-electron chi connectivity index (χ2n) is 7.26. The number of nitrogens with one attached hydrogen (secondary N) is 1. The van der Waals surface area contributed by atoms with E-state index in [1.807, 2.05) is 60.7 Å². The Bertz CT molecular complexity index is 1040. The summed E-state index contributed by atoms with van der Waals surface area (Å²) in [5.74, 6) is -0.573. The Balaban J connectivity index is 1.54. The smallest absolute Gasteiger partial charge is 0.281 e. The van der Waals surface area contributed by atoms with Crippen LogP contribution in [0.4, 0.5) is 5.69 Å². The van der Waals surface area contributed by atoms with Crippen LogP contribution in [-0.4, -0.2) is 30.3 Å². The van der Waals surface area contributed by atoms with Gasteiger partial charge in [0.25, 0.3) is 5.91 Å². The normalized spacial score (nSPS) is 13.7. The van der Waals surface area contributed by atoms with Gasteiger partial charge in [-0.05, 0) is 42.7 Å². The van der Waals surface area contributed by atoms with E-state index in [2.05, 4.69) is 29.3 Å². The van der Waals surface area contributed by atoms with Gasteiger partial charge in [0.1, 0.15) is 0 Å². The van der Waals surface area contributed by atoms with Crippen molar-refractivity contribution in [3.63, 3.8) is 0 Å². The average molecular weight is 399 g/mol. The van der Waals surface area contributed by atoms with Gasteiger partial charge >= 0.3 is 0 Å². The number of hydrogen-bond acceptors (Lipinski definition) is 4. The first-order valence-electron chi connectivity index (χ1n) is 10.2. The lowest BCUT2D eigenvalue weighted by Gasteiger charge is -2.23. The van der Waals surface area contributed by atoms with Gasteiger partial charge in [0.15, 0.2) is 5.60 Å². The van der Waals surface area contributed by atoms with Gasteiger partial charge in [0, 0.05) is 29.9 Å². The zero-order valence-corrected chi connectivity index (χ0v) is 17.2. The lowest BCUT2D eigenvalue weighted by Crippen LogP contribution is -2.42. The number of hydrogen-bond donors (Lipinski definition) is 2. The molecule has 0 atom stereocenters. The van der Waals surface area contributed by atoms with E-state index in [1.165, 1.54) is 0 Å². The molecule has 3 aromatic rings. The van der Waals surface area contributed by atoms with Crippen molar-refractivity contribution >= 4 is 17.8 Å². The summed E-state index contributed by atoms with van der Waals surface area (Å²) in [4.78, 5) is 15.3. The second kappa shape index (κ2) is 8.13. The van der Waals surface area contributed by atoms with Crippen LogP contribution >= 0.6 is 0 Å². The standard InChI is InChI=1S/C25H25N3O2/c1-3-28(4-2)19-15-13-18(14-16-19)17-26-27-24(29)25(30)22-11-7-5-9-20(22)21-10-6-8-12-23(21)25/h5-17,30H,3-4H2,1-2H3,(H,27,29)/b26-17-. The number of nitrogens with zero attached hydrogens (tertiary/aromatic N) is 2. The highest BCUT2D eigenvalue weighted by Gasteiger charge is 2.47. The monoisotopic (exact) mass is 399 g/mol. The summed E-state index contributed by atoms with van der Waals surface area (Å²) < 4.78 is 0. The minimum absolute atomic E-state index is 0.572. The van der Waals surface area contributed by atoms with E-state index < -0.39 is 11.5 Å². The van der Waals surface area contributed by atoms with Crippen LogP contribution in [0.25, 0.3) is 11.1 Å². The van der Waals surface area contributed by atoms with Gasteiger partial charge in [0.05, 0.1) is 6.21 Å². The predicted octanol–water partition coefficient (Wildman–Crippen LogP) is 3.90. The Labute approximate surface area is 176 Å². The molecule has 1 aliphatic rings. The van der Waals surface area contributed by atoms with Crippen molar-refractivity contribution in [2.45, 2.75) is 19.4 Å². The zero-order valence-electron chi connectivity index (χ0n) is 17.2. The maximum atomic E-state index is 13.0. The summed E-state index contributed by atoms with van der Waals surface area (Å²) in [7, 11) is 0. The van der Waals surface area contributed by atoms with Gasteiger partial charge in [-0.25, -0.2) is 5.43 Å². The minimum atomic E-state index is -1.77. The van der Waals surface area contributed by atoms with E-state index in [9.17, 15) is 9.90 Å². The van der Waals surface area contributed by atoms with E-state index in [4.69, 9.17) is 0 Å². The molecule has 0 unspecified atom stereocenters. The molecular weight excluding hydrogens is 374 g/mol. The van der Waals surface area contributed by atoms with E-state index in [0.29, 0.717) is 11.1 Å². The van der Waals surface area contributed by atoms with Gasteiger partial charge in [-0.3, -0.25) is 4.79 Å². The first-order valence-corrected chi connectivity index (χ1v) is 10.2. The molecule has 1 amide bonds. The van der Waals surface area contributed by atoms with Crippen molar-refractivity contribution in [2.24, 2.45) is 5.10 Å². The summed E-state index contributed by atoms with van der Waals surface area (Å²) in [5.41, 5.74) is 5.64. The van der Waals surface area contributed by atoms with Gasteiger partial charge in [-0.2, -0.15) is 5.10 Å². The van der Waals surface area contributed by atoms with E-state index in [0.717, 1.165) is 35.5 Å². The van der Waals surface area contributed by atoms with Crippen LogP contribution in [0.15, 0.2) is 77.9 Å². The Morgan fingerprint density at radius 2 is 1.47 bits per heavy atom. The molecule has 0 radical (unpaired) electrons. The van der Waals surface area contributed by atoms with E-state index >= 15 is 0 Å². The highest BCUT2D eigenvalue weighted by molar-refractivity contribution is 5.99. The van der Waals surface area contributed by atoms with Crippen molar-refractivity contribution in [3.8, 4) is 11.1 Å². The quantitative estimate of drug-likeness (QED) is 0.488. The van der Waals surface area contributed by atoms with Crippen LogP contribution in [0, 0.1) is 0 Å². The SMILES string of the molecule is CCN(CC)c1ccc(/C=N\NC(=O)C2(O)c3ccccc3-c3ccccc32)cc1. The number of fused-ring (bicyclic) bond motifs is 3. The fourth-order valence-corrected chi connectivity index (χ4v) is 4.06. The molecule has 0 bridgehead atoms. The molecule has 152 valence electrons. The highest BCUT2D eigenvalue weighted by Crippen LogP contribution is 2.47. The molecule has 3 aromatic carbocycles. The molecule has 0 aromatic heterocycles. The molecule has 30 heavy (non-hydrogen) atoms. The first kappa shape index (κ1) is 19.9. The summed E-state index contributed by atoms with van der Waals surface area (Å²) in [5, 5.41) is 15.5. The van der Waals surface area contributed by atoms with Gasteiger partial charge in [-0.1, -0.05) is 60.7 Å². The number of anilines is 1. The predicted molar refractivity (Wildman–Crippen MR) is 121 cm³/mol. The maximum Gasteiger partial charge on any atom is 0.281 e. The fraction of sp³-hybridized carbons (Fsp3) is 0.200. The van der Waals surface area contributed by atoms with Crippen LogP contribution in [0.3, 0.4) is 0 Å². The molecule has 0 saturated heterocycles. The minimum Gasteiger partial charge on any atom is -0.372 e. The third-order valence-electron chi connectivity index (χ3n) is 5.65. The molecule has 0 heterocycles. The van der Waals surface area contributed by atoms with Crippen molar-refractivity contribution < 1.29 is 9.90 Å². The van der Waals surface area contributed by atoms with Crippen LogP contribution < -0.4 is 10.3 Å². The summed E-state index contributed by atoms with van der Waals surface area (Å²) in [6, 6.07) is 22.8. The molecule has 0 spiro atoms. The van der Waals surface area contributed by atoms with Crippen LogP contribution in [0.1, 0.15) is 30.5 Å². The molecular formula is C25H25N3O2. The number of hydrazone groups is 1. The lowest BCUT2D eigenvalue weighted by atomic mass is 9.91. The topological polar surface area (TPSA) is 64.9 Å². The molecule has 2 N–H and O–H groups in total. The molecule has 5 heteroatoms. The van der Waals surface area contributed by atoms with Crippen LogP contribution in [0.5, 0.6) is 0 Å². The third-order valence-corrected chi connectivity index (χ3v) is 5.65. The maximum absolute atomic E-state index is 13.0. The summed E-state index contributed by atoms with van der Waals surface area (Å²) in [6.45, 7) is 6.14. The Morgan fingerprint density at radius 3 is 2.00 bits per heavy atom. The molecule has 0 aliphatic heterocycles. The number of amides is 1. The number of aliphatic hydroxyl groups is 1. The second-order valence-corrected chi connectivity index (χ2v) is 7.26. The summed E-state index contributed by atoms with van der Waals surface area (Å²) >= 11 is 0. The van der Waals surface area contributed by atoms with Crippen molar-refractivity contribution in [2.75, 3.05) is 18.0 Å². The molecule has 1 aliphatic carbocycles. The van der Waals surface area contributed by atoms with Gasteiger partial charge < -0.3 is 10.0 Å². The van der Waals surface area contributed by atoms with E-state index in [1.54, 1.807) is 18.3 Å². The molecule has 5 nitrogen and oxygen atoms in total. The molecule has 0 fully saturated rings. The summed E-state index contributed by atoms with van der Waals surface area (Å²) in [6.07, 6.45) is 1.58. The van der Waals surface area contributed by atoms with Crippen molar-refractivity contribution in [1.82, 2.24) is 5.43 Å². The Hall–Kier alpha value is -3.44. The number of carbonyl (C=O) groups is 1. The van der Waals surface area contributed by atoms with Crippen molar-refractivity contribution in [3.05, 3.63) is 89.5 Å². The van der Waals surface area contributed by atoms with Gasteiger partial charge in [-0.15, -0.1) is 0 Å². The fourth-order valence-electron chi connectivity index (χ4n) is 4.06. The Morgan fingerprint density at radius 1 is 0.933 bits per heavy atom. The van der Waals surface area contributed by atoms with Crippen LogP contribution in [0.2, 0.25) is 0 Å². The Kier molecular flexibility index (Phi) is 5.38. The first-order chi connectivity index (χ1) is 14.6. The zero-order chi connectivity index (χ0) is 21.1. The third kappa shape index (κ3) is 3.27. The van der Waals surface area contributed by atoms with E-state index in [-0.39, 0.29) is 0 Å². The molecule has 0 saturated carbocycles. The molecule has 4 rings (SSSR count). The highest BCUT2D eigenvalue weighted by atomic mass is 16.3. The van der Waals surface area contributed by atoms with Crippen molar-refractivity contribution in [1.29, 1.82) is 0 Å². The van der Waals surface area contributed by atoms with Gasteiger partial charge in [0.2, 0.25) is 0 Å². The largest absolute Gasteiger partial charge is 0.372 e. The number of rotatable bonds is 6. The average Bonchev–Trinajstić information content (AvgIpc) is 3.06. The van der Waals surface area contributed by atoms with Crippen LogP contribution in [-0.2, 0) is 10.4 Å². The number of benzene rings is 3. The lowest BCUT2D eigenvalue weighted by molar-refractivity contribution is -0.136.